The fourth-order valence-electron chi connectivity index (χ4n) is 2.70. The molecule has 0 heterocycles. The second-order valence-electron chi connectivity index (χ2n) is 6.35. The molecule has 3 aromatic carbocycles. The summed E-state index contributed by atoms with van der Waals surface area (Å²) >= 11 is 1.80. The van der Waals surface area contributed by atoms with Gasteiger partial charge in [0.1, 0.15) is 5.75 Å². The number of carbonyl (C=O) groups is 1. The monoisotopic (exact) mass is 389 g/mol. The van der Waals surface area contributed by atoms with Gasteiger partial charge in [-0.15, -0.1) is 11.8 Å². The van der Waals surface area contributed by atoms with Gasteiger partial charge in [0, 0.05) is 22.4 Å². The van der Waals surface area contributed by atoms with Crippen LogP contribution in [0.4, 0.5) is 5.69 Å². The van der Waals surface area contributed by atoms with Crippen molar-refractivity contribution < 1.29 is 9.53 Å². The zero-order valence-electron chi connectivity index (χ0n) is 16.0. The summed E-state index contributed by atoms with van der Waals surface area (Å²) in [7, 11) is 1.63. The van der Waals surface area contributed by atoms with E-state index in [-0.39, 0.29) is 5.91 Å². The molecule has 142 valence electrons. The molecule has 0 aliphatic carbocycles. The van der Waals surface area contributed by atoms with E-state index in [2.05, 4.69) is 29.6 Å². The first-order valence-corrected chi connectivity index (χ1v) is 10.0. The minimum atomic E-state index is -0.148. The average molecular weight is 390 g/mol. The second-order valence-corrected chi connectivity index (χ2v) is 7.40. The molecule has 0 aromatic heterocycles. The van der Waals surface area contributed by atoms with Crippen molar-refractivity contribution in [2.75, 3.05) is 12.4 Å². The smallest absolute Gasteiger partial charge is 0.248 e. The molecule has 28 heavy (non-hydrogen) atoms. The van der Waals surface area contributed by atoms with Crippen LogP contribution in [0.2, 0.25) is 0 Å². The quantitative estimate of drug-likeness (QED) is 0.401. The molecule has 1 amide bonds. The summed E-state index contributed by atoms with van der Waals surface area (Å²) in [5.41, 5.74) is 4.06. The maximum Gasteiger partial charge on any atom is 0.248 e. The van der Waals surface area contributed by atoms with E-state index >= 15 is 0 Å². The van der Waals surface area contributed by atoms with E-state index in [1.807, 2.05) is 55.5 Å². The molecule has 3 aromatic rings. The van der Waals surface area contributed by atoms with E-state index in [0.717, 1.165) is 28.3 Å². The normalized spacial score (nSPS) is 10.8. The molecule has 0 radical (unpaired) electrons. The SMILES string of the molecule is COc1ccc(C=CC(=O)Nc2ccc(CSc3ccccc3)cc2C)cc1. The van der Waals surface area contributed by atoms with Crippen LogP contribution in [0.3, 0.4) is 0 Å². The Kier molecular flexibility index (Phi) is 6.93. The summed E-state index contributed by atoms with van der Waals surface area (Å²) < 4.78 is 5.13. The first-order valence-electron chi connectivity index (χ1n) is 9.04. The Hall–Kier alpha value is -2.98. The Labute approximate surface area is 170 Å². The van der Waals surface area contributed by atoms with Gasteiger partial charge >= 0.3 is 0 Å². The first kappa shape index (κ1) is 19.8. The van der Waals surface area contributed by atoms with Crippen molar-refractivity contribution in [2.45, 2.75) is 17.6 Å². The molecule has 3 nitrogen and oxygen atoms in total. The van der Waals surface area contributed by atoms with Gasteiger partial charge in [0.25, 0.3) is 0 Å². The van der Waals surface area contributed by atoms with Gasteiger partial charge in [-0.3, -0.25) is 4.79 Å². The summed E-state index contributed by atoms with van der Waals surface area (Å²) in [5.74, 6) is 1.55. The summed E-state index contributed by atoms with van der Waals surface area (Å²) in [6, 6.07) is 24.1. The maximum absolute atomic E-state index is 12.2. The number of hydrogen-bond acceptors (Lipinski definition) is 3. The number of hydrogen-bond donors (Lipinski definition) is 1. The Morgan fingerprint density at radius 2 is 1.79 bits per heavy atom. The molecule has 0 aliphatic heterocycles. The molecule has 3 rings (SSSR count). The van der Waals surface area contributed by atoms with E-state index in [4.69, 9.17) is 4.74 Å². The lowest BCUT2D eigenvalue weighted by atomic mass is 10.1. The molecule has 1 N–H and O–H groups in total. The highest BCUT2D eigenvalue weighted by molar-refractivity contribution is 7.98. The van der Waals surface area contributed by atoms with Crippen LogP contribution < -0.4 is 10.1 Å². The predicted molar refractivity (Wildman–Crippen MR) is 118 cm³/mol. The lowest BCUT2D eigenvalue weighted by molar-refractivity contribution is -0.111. The highest BCUT2D eigenvalue weighted by atomic mass is 32.2. The van der Waals surface area contributed by atoms with Crippen LogP contribution in [-0.2, 0) is 10.5 Å². The lowest BCUT2D eigenvalue weighted by Gasteiger charge is -2.09. The van der Waals surface area contributed by atoms with Crippen molar-refractivity contribution in [3.63, 3.8) is 0 Å². The summed E-state index contributed by atoms with van der Waals surface area (Å²) in [6.45, 7) is 2.01. The minimum absolute atomic E-state index is 0.148. The number of rotatable bonds is 7. The van der Waals surface area contributed by atoms with Gasteiger partial charge in [-0.25, -0.2) is 0 Å². The van der Waals surface area contributed by atoms with Crippen LogP contribution in [0.15, 0.2) is 83.8 Å². The molecule has 0 spiro atoms. The number of aryl methyl sites for hydroxylation is 1. The molecular weight excluding hydrogens is 366 g/mol. The third-order valence-corrected chi connectivity index (χ3v) is 5.32. The van der Waals surface area contributed by atoms with Crippen LogP contribution in [0.25, 0.3) is 6.08 Å². The number of anilines is 1. The number of ether oxygens (including phenoxy) is 1. The fourth-order valence-corrected chi connectivity index (χ4v) is 3.56. The third-order valence-electron chi connectivity index (χ3n) is 4.24. The molecule has 0 saturated heterocycles. The van der Waals surface area contributed by atoms with Gasteiger partial charge in [-0.05, 0) is 60.0 Å². The number of carbonyl (C=O) groups excluding carboxylic acids is 1. The van der Waals surface area contributed by atoms with Gasteiger partial charge in [0.15, 0.2) is 0 Å². The second kappa shape index (κ2) is 9.81. The minimum Gasteiger partial charge on any atom is -0.497 e. The van der Waals surface area contributed by atoms with E-state index in [1.165, 1.54) is 10.5 Å². The molecule has 0 bridgehead atoms. The van der Waals surface area contributed by atoms with Crippen LogP contribution >= 0.6 is 11.8 Å². The largest absolute Gasteiger partial charge is 0.497 e. The van der Waals surface area contributed by atoms with Gasteiger partial charge in [-0.2, -0.15) is 0 Å². The van der Waals surface area contributed by atoms with Gasteiger partial charge in [0.2, 0.25) is 5.91 Å². The predicted octanol–water partition coefficient (Wildman–Crippen LogP) is 5.95. The molecule has 0 aliphatic rings. The van der Waals surface area contributed by atoms with E-state index < -0.39 is 0 Å². The number of amides is 1. The fraction of sp³-hybridized carbons (Fsp3) is 0.125. The number of benzene rings is 3. The lowest BCUT2D eigenvalue weighted by Crippen LogP contribution is -2.09. The maximum atomic E-state index is 12.2. The van der Waals surface area contributed by atoms with Crippen molar-refractivity contribution >= 4 is 29.4 Å². The number of nitrogens with one attached hydrogen (secondary N) is 1. The highest BCUT2D eigenvalue weighted by Crippen LogP contribution is 2.25. The zero-order chi connectivity index (χ0) is 19.8. The van der Waals surface area contributed by atoms with Crippen molar-refractivity contribution in [3.05, 3.63) is 95.6 Å². The van der Waals surface area contributed by atoms with E-state index in [0.29, 0.717) is 0 Å². The van der Waals surface area contributed by atoms with Crippen LogP contribution in [0.1, 0.15) is 16.7 Å². The Morgan fingerprint density at radius 1 is 1.04 bits per heavy atom. The van der Waals surface area contributed by atoms with Crippen LogP contribution in [0.5, 0.6) is 5.75 Å². The average Bonchev–Trinajstić information content (AvgIpc) is 2.73. The molecule has 4 heteroatoms. The van der Waals surface area contributed by atoms with Crippen LogP contribution in [0, 0.1) is 6.92 Å². The van der Waals surface area contributed by atoms with Gasteiger partial charge < -0.3 is 10.1 Å². The molecule has 0 atom stereocenters. The Balaban J connectivity index is 1.57. The van der Waals surface area contributed by atoms with Crippen molar-refractivity contribution in [3.8, 4) is 5.75 Å². The first-order chi connectivity index (χ1) is 13.6. The third kappa shape index (κ3) is 5.76. The standard InChI is InChI=1S/C24H23NO2S/c1-18-16-20(17-28-22-6-4-3-5-7-22)10-14-23(18)25-24(26)15-11-19-8-12-21(27-2)13-9-19/h3-16H,17H2,1-2H3,(H,25,26). The number of methoxy groups -OCH3 is 1. The van der Waals surface area contributed by atoms with E-state index in [1.54, 1.807) is 31.0 Å². The van der Waals surface area contributed by atoms with Crippen molar-refractivity contribution in [1.29, 1.82) is 0 Å². The molecule has 0 unspecified atom stereocenters. The van der Waals surface area contributed by atoms with Crippen molar-refractivity contribution in [1.82, 2.24) is 0 Å². The van der Waals surface area contributed by atoms with Crippen molar-refractivity contribution in [2.24, 2.45) is 0 Å². The summed E-state index contributed by atoms with van der Waals surface area (Å²) in [4.78, 5) is 13.5. The van der Waals surface area contributed by atoms with Gasteiger partial charge in [0.05, 0.1) is 7.11 Å². The molecular formula is C24H23NO2S. The summed E-state index contributed by atoms with van der Waals surface area (Å²) in [5, 5.41) is 2.95. The van der Waals surface area contributed by atoms with Crippen LogP contribution in [-0.4, -0.2) is 13.0 Å². The topological polar surface area (TPSA) is 38.3 Å². The summed E-state index contributed by atoms with van der Waals surface area (Å²) in [6.07, 6.45) is 3.33. The molecule has 0 saturated carbocycles. The zero-order valence-corrected chi connectivity index (χ0v) is 16.8. The van der Waals surface area contributed by atoms with Gasteiger partial charge in [-0.1, -0.05) is 42.5 Å². The Morgan fingerprint density at radius 3 is 2.46 bits per heavy atom. The number of thioether (sulfide) groups is 1. The molecule has 0 fully saturated rings. The highest BCUT2D eigenvalue weighted by Gasteiger charge is 2.04. The van der Waals surface area contributed by atoms with E-state index in [9.17, 15) is 4.79 Å². The Bertz CT molecular complexity index is 950.